The standard InChI is InChI=1S/C25H23O6P/c1-2-23(19-6-4-3-5-7-19)25(20-11-8-18(9-12-20)10-17-24(26)27)21-13-15-22(16-14-21)31-32(28,29)30/h3-17H,2H2,1H3,(H,26,27)(H2,28,29,30). The van der Waals surface area contributed by atoms with Gasteiger partial charge in [-0.15, -0.1) is 0 Å². The highest BCUT2D eigenvalue weighted by atomic mass is 31.2. The van der Waals surface area contributed by atoms with E-state index < -0.39 is 13.8 Å². The molecule has 6 nitrogen and oxygen atoms in total. The number of rotatable bonds is 8. The summed E-state index contributed by atoms with van der Waals surface area (Å²) < 4.78 is 15.8. The minimum Gasteiger partial charge on any atom is -0.478 e. The summed E-state index contributed by atoms with van der Waals surface area (Å²) in [5, 5.41) is 8.84. The Kier molecular flexibility index (Phi) is 7.44. The van der Waals surface area contributed by atoms with E-state index in [2.05, 4.69) is 11.4 Å². The SMILES string of the molecule is CCC(=C(c1ccc(C=CC(=O)O)cc1)c1ccc(OP(=O)(O)O)cc1)c1ccccc1. The van der Waals surface area contributed by atoms with Crippen LogP contribution in [0.5, 0.6) is 5.75 Å². The highest BCUT2D eigenvalue weighted by Crippen LogP contribution is 2.39. The molecule has 0 aromatic heterocycles. The van der Waals surface area contributed by atoms with Crippen LogP contribution in [0.1, 0.15) is 35.6 Å². The Labute approximate surface area is 186 Å². The molecular formula is C25H23O6P. The normalized spacial score (nSPS) is 12.5. The van der Waals surface area contributed by atoms with Crippen LogP contribution in [-0.4, -0.2) is 20.9 Å². The first kappa shape index (κ1) is 23.2. The molecule has 0 aliphatic carbocycles. The lowest BCUT2D eigenvalue weighted by molar-refractivity contribution is -0.131. The van der Waals surface area contributed by atoms with Crippen molar-refractivity contribution in [1.29, 1.82) is 0 Å². The van der Waals surface area contributed by atoms with Gasteiger partial charge in [0, 0.05) is 6.08 Å². The first-order chi connectivity index (χ1) is 15.3. The van der Waals surface area contributed by atoms with Gasteiger partial charge in [0.05, 0.1) is 0 Å². The second-order valence-corrected chi connectivity index (χ2v) is 8.14. The number of hydrogen-bond donors (Lipinski definition) is 3. The van der Waals surface area contributed by atoms with Crippen molar-refractivity contribution in [2.45, 2.75) is 13.3 Å². The van der Waals surface area contributed by atoms with E-state index in [0.717, 1.165) is 45.9 Å². The Morgan fingerprint density at radius 1 is 0.875 bits per heavy atom. The van der Waals surface area contributed by atoms with Crippen molar-refractivity contribution in [3.8, 4) is 5.75 Å². The van der Waals surface area contributed by atoms with E-state index in [1.165, 1.54) is 18.2 Å². The van der Waals surface area contributed by atoms with Crippen molar-refractivity contribution in [2.24, 2.45) is 0 Å². The molecule has 0 bridgehead atoms. The van der Waals surface area contributed by atoms with E-state index in [9.17, 15) is 9.36 Å². The van der Waals surface area contributed by atoms with E-state index in [-0.39, 0.29) is 5.75 Å². The lowest BCUT2D eigenvalue weighted by Crippen LogP contribution is -1.96. The molecule has 3 aromatic carbocycles. The Morgan fingerprint density at radius 2 is 1.44 bits per heavy atom. The van der Waals surface area contributed by atoms with Crippen LogP contribution in [0, 0.1) is 0 Å². The minimum atomic E-state index is -4.64. The Bertz CT molecular complexity index is 1170. The third-order valence-electron chi connectivity index (χ3n) is 4.76. The number of allylic oxidation sites excluding steroid dienone is 1. The van der Waals surface area contributed by atoms with E-state index in [4.69, 9.17) is 14.9 Å². The van der Waals surface area contributed by atoms with Crippen molar-refractivity contribution >= 4 is 31.0 Å². The van der Waals surface area contributed by atoms with Gasteiger partial charge in [-0.1, -0.05) is 73.7 Å². The Balaban J connectivity index is 2.11. The molecule has 0 aliphatic heterocycles. The zero-order valence-corrected chi connectivity index (χ0v) is 18.3. The van der Waals surface area contributed by atoms with Crippen molar-refractivity contribution in [2.75, 3.05) is 0 Å². The second-order valence-electron chi connectivity index (χ2n) is 6.97. The van der Waals surface area contributed by atoms with Gasteiger partial charge in [0.25, 0.3) is 0 Å². The highest BCUT2D eigenvalue weighted by molar-refractivity contribution is 7.46. The molecule has 0 spiro atoms. The number of hydrogen-bond acceptors (Lipinski definition) is 3. The fourth-order valence-electron chi connectivity index (χ4n) is 3.43. The van der Waals surface area contributed by atoms with Gasteiger partial charge >= 0.3 is 13.8 Å². The van der Waals surface area contributed by atoms with Gasteiger partial charge in [0.1, 0.15) is 5.75 Å². The number of carboxylic acids is 1. The summed E-state index contributed by atoms with van der Waals surface area (Å²) >= 11 is 0. The minimum absolute atomic E-state index is 0.0772. The molecule has 0 aliphatic rings. The lowest BCUT2D eigenvalue weighted by atomic mass is 9.88. The summed E-state index contributed by atoms with van der Waals surface area (Å²) in [6.45, 7) is 2.07. The van der Waals surface area contributed by atoms with Crippen LogP contribution in [0.3, 0.4) is 0 Å². The highest BCUT2D eigenvalue weighted by Gasteiger charge is 2.17. The van der Waals surface area contributed by atoms with E-state index >= 15 is 0 Å². The van der Waals surface area contributed by atoms with Gasteiger partial charge in [0.15, 0.2) is 0 Å². The maximum absolute atomic E-state index is 11.1. The summed E-state index contributed by atoms with van der Waals surface area (Å²) in [5.41, 5.74) is 5.69. The topological polar surface area (TPSA) is 104 Å². The Morgan fingerprint density at radius 3 is 1.94 bits per heavy atom. The van der Waals surface area contributed by atoms with Crippen LogP contribution in [0.2, 0.25) is 0 Å². The molecule has 32 heavy (non-hydrogen) atoms. The van der Waals surface area contributed by atoms with Crippen LogP contribution in [0.15, 0.2) is 84.9 Å². The summed E-state index contributed by atoms with van der Waals surface area (Å²) in [4.78, 5) is 28.9. The van der Waals surface area contributed by atoms with Crippen LogP contribution >= 0.6 is 7.82 Å². The molecule has 0 saturated heterocycles. The zero-order chi connectivity index (χ0) is 23.1. The molecular weight excluding hydrogens is 427 g/mol. The predicted molar refractivity (Wildman–Crippen MR) is 125 cm³/mol. The fraction of sp³-hybridized carbons (Fsp3) is 0.0800. The number of phosphoric acid groups is 1. The molecule has 0 saturated carbocycles. The monoisotopic (exact) mass is 450 g/mol. The van der Waals surface area contributed by atoms with E-state index in [0.29, 0.717) is 0 Å². The van der Waals surface area contributed by atoms with Gasteiger partial charge in [-0.3, -0.25) is 9.79 Å². The number of carboxylic acid groups (broad SMARTS) is 1. The van der Waals surface area contributed by atoms with Gasteiger partial charge in [-0.05, 0) is 58.0 Å². The molecule has 0 heterocycles. The van der Waals surface area contributed by atoms with Crippen LogP contribution in [0.4, 0.5) is 0 Å². The van der Waals surface area contributed by atoms with Crippen LogP contribution < -0.4 is 4.52 Å². The summed E-state index contributed by atoms with van der Waals surface area (Å²) in [6.07, 6.45) is 3.37. The number of carbonyl (C=O) groups is 1. The molecule has 3 aromatic rings. The number of benzene rings is 3. The van der Waals surface area contributed by atoms with Gasteiger partial charge in [-0.25, -0.2) is 9.36 Å². The largest absolute Gasteiger partial charge is 0.524 e. The summed E-state index contributed by atoms with van der Waals surface area (Å²) in [6, 6.07) is 24.1. The average molecular weight is 450 g/mol. The summed E-state index contributed by atoms with van der Waals surface area (Å²) in [7, 11) is -4.64. The van der Waals surface area contributed by atoms with Gasteiger partial charge < -0.3 is 9.63 Å². The number of phosphoric ester groups is 1. The second kappa shape index (κ2) is 10.2. The molecule has 3 N–H and O–H groups in total. The van der Waals surface area contributed by atoms with Crippen molar-refractivity contribution in [1.82, 2.24) is 0 Å². The first-order valence-corrected chi connectivity index (χ1v) is 11.5. The molecule has 164 valence electrons. The van der Waals surface area contributed by atoms with Crippen molar-refractivity contribution < 1.29 is 28.8 Å². The third kappa shape index (κ3) is 6.28. The molecule has 0 radical (unpaired) electrons. The van der Waals surface area contributed by atoms with Crippen LogP contribution in [0.25, 0.3) is 17.2 Å². The number of aliphatic carboxylic acids is 1. The maximum atomic E-state index is 11.1. The molecule has 0 unspecified atom stereocenters. The fourth-order valence-corrected chi connectivity index (χ4v) is 3.82. The molecule has 0 fully saturated rings. The average Bonchev–Trinajstić information content (AvgIpc) is 2.77. The molecule has 3 rings (SSSR count). The predicted octanol–water partition coefficient (Wildman–Crippen LogP) is 5.63. The third-order valence-corrected chi connectivity index (χ3v) is 5.21. The smallest absolute Gasteiger partial charge is 0.478 e. The van der Waals surface area contributed by atoms with Crippen molar-refractivity contribution in [3.05, 3.63) is 107 Å². The van der Waals surface area contributed by atoms with E-state index in [1.54, 1.807) is 12.1 Å². The zero-order valence-electron chi connectivity index (χ0n) is 17.4. The van der Waals surface area contributed by atoms with Gasteiger partial charge in [0.2, 0.25) is 0 Å². The maximum Gasteiger partial charge on any atom is 0.524 e. The lowest BCUT2D eigenvalue weighted by Gasteiger charge is -2.17. The summed E-state index contributed by atoms with van der Waals surface area (Å²) in [5.74, 6) is -0.932. The van der Waals surface area contributed by atoms with Crippen molar-refractivity contribution in [3.63, 3.8) is 0 Å². The van der Waals surface area contributed by atoms with E-state index in [1.807, 2.05) is 54.6 Å². The first-order valence-electron chi connectivity index (χ1n) is 9.92. The Hall–Kier alpha value is -3.44. The van der Waals surface area contributed by atoms with Gasteiger partial charge in [-0.2, -0.15) is 0 Å². The van der Waals surface area contributed by atoms with Crippen LogP contribution in [-0.2, 0) is 9.36 Å². The molecule has 0 atom stereocenters. The molecule has 0 amide bonds. The molecule has 7 heteroatoms. The quantitative estimate of drug-likeness (QED) is 0.234.